The summed E-state index contributed by atoms with van der Waals surface area (Å²) in [6, 6.07) is 0. The molecule has 3 aliphatic rings. The Labute approximate surface area is 72.7 Å². The van der Waals surface area contributed by atoms with Gasteiger partial charge in [0.1, 0.15) is 0 Å². The quantitative estimate of drug-likeness (QED) is 0.623. The molecule has 2 unspecified atom stereocenters. The Kier molecular flexibility index (Phi) is 1.18. The first-order chi connectivity index (χ1) is 5.83. The molecule has 1 heterocycles. The minimum Gasteiger partial charge on any atom is -0.355 e. The lowest BCUT2D eigenvalue weighted by molar-refractivity contribution is -0.131. The fraction of sp³-hybridized carbons (Fsp3) is 0.900. The average molecular weight is 165 g/mol. The molecule has 1 N–H and O–H groups in total. The van der Waals surface area contributed by atoms with E-state index in [4.69, 9.17) is 0 Å². The van der Waals surface area contributed by atoms with Gasteiger partial charge in [-0.1, -0.05) is 6.42 Å². The molecule has 2 nitrogen and oxygen atoms in total. The highest BCUT2D eigenvalue weighted by molar-refractivity contribution is 5.83. The van der Waals surface area contributed by atoms with Gasteiger partial charge in [0.25, 0.3) is 0 Å². The number of rotatable bonds is 1. The number of carbonyl (C=O) groups excluding carboxylic acids is 1. The predicted molar refractivity (Wildman–Crippen MR) is 45.5 cm³/mol. The van der Waals surface area contributed by atoms with Gasteiger partial charge < -0.3 is 5.32 Å². The van der Waals surface area contributed by atoms with E-state index in [-0.39, 0.29) is 0 Å². The van der Waals surface area contributed by atoms with Crippen LogP contribution >= 0.6 is 0 Å². The van der Waals surface area contributed by atoms with Gasteiger partial charge in [-0.05, 0) is 31.6 Å². The van der Waals surface area contributed by atoms with Crippen LogP contribution in [0.4, 0.5) is 0 Å². The molecule has 2 heteroatoms. The molecule has 0 bridgehead atoms. The smallest absolute Gasteiger partial charge is 0.223 e. The third kappa shape index (κ3) is 0.606. The van der Waals surface area contributed by atoms with Gasteiger partial charge >= 0.3 is 0 Å². The Morgan fingerprint density at radius 3 is 2.58 bits per heavy atom. The fourth-order valence-corrected chi connectivity index (χ4v) is 3.25. The van der Waals surface area contributed by atoms with Crippen LogP contribution in [0.3, 0.4) is 0 Å². The summed E-state index contributed by atoms with van der Waals surface area (Å²) in [6.07, 6.45) is 6.62. The summed E-state index contributed by atoms with van der Waals surface area (Å²) in [4.78, 5) is 11.4. The normalized spacial score (nSPS) is 46.0. The lowest BCUT2D eigenvalue weighted by Crippen LogP contribution is -2.48. The summed E-state index contributed by atoms with van der Waals surface area (Å²) in [7, 11) is 0. The van der Waals surface area contributed by atoms with Crippen LogP contribution in [-0.4, -0.2) is 12.5 Å². The molecule has 12 heavy (non-hydrogen) atoms. The number of nitrogens with one attached hydrogen (secondary N) is 1. The fourth-order valence-electron chi connectivity index (χ4n) is 3.25. The first-order valence-corrected chi connectivity index (χ1v) is 5.11. The number of amides is 1. The highest BCUT2D eigenvalue weighted by Gasteiger charge is 2.59. The van der Waals surface area contributed by atoms with Gasteiger partial charge in [0.15, 0.2) is 0 Å². The van der Waals surface area contributed by atoms with Crippen LogP contribution in [0.1, 0.15) is 32.1 Å². The molecule has 0 aromatic carbocycles. The van der Waals surface area contributed by atoms with Crippen molar-refractivity contribution in [3.05, 3.63) is 0 Å². The number of hydrogen-bond donors (Lipinski definition) is 1. The SMILES string of the molecule is O=C1NCC2(C3CCC3)CCC12. The lowest BCUT2D eigenvalue weighted by Gasteiger charge is -2.52. The highest BCUT2D eigenvalue weighted by atomic mass is 16.2. The summed E-state index contributed by atoms with van der Waals surface area (Å²) >= 11 is 0. The van der Waals surface area contributed by atoms with Crippen molar-refractivity contribution in [1.29, 1.82) is 0 Å². The molecule has 2 aliphatic carbocycles. The van der Waals surface area contributed by atoms with E-state index < -0.39 is 0 Å². The van der Waals surface area contributed by atoms with Crippen LogP contribution in [-0.2, 0) is 4.79 Å². The summed E-state index contributed by atoms with van der Waals surface area (Å²) in [5.41, 5.74) is 0.440. The Morgan fingerprint density at radius 1 is 1.33 bits per heavy atom. The molecule has 0 aromatic heterocycles. The van der Waals surface area contributed by atoms with Gasteiger partial charge in [0, 0.05) is 17.9 Å². The van der Waals surface area contributed by atoms with Crippen molar-refractivity contribution in [1.82, 2.24) is 5.32 Å². The van der Waals surface area contributed by atoms with Crippen LogP contribution in [0.25, 0.3) is 0 Å². The summed E-state index contributed by atoms with van der Waals surface area (Å²) in [5.74, 6) is 1.63. The van der Waals surface area contributed by atoms with Crippen molar-refractivity contribution in [3.8, 4) is 0 Å². The van der Waals surface area contributed by atoms with Crippen LogP contribution < -0.4 is 5.32 Å². The minimum atomic E-state index is 0.341. The molecule has 0 radical (unpaired) electrons. The highest BCUT2D eigenvalue weighted by Crippen LogP contribution is 2.59. The maximum Gasteiger partial charge on any atom is 0.223 e. The zero-order valence-corrected chi connectivity index (χ0v) is 7.31. The van der Waals surface area contributed by atoms with Crippen molar-refractivity contribution in [2.24, 2.45) is 17.3 Å². The summed E-state index contributed by atoms with van der Waals surface area (Å²) < 4.78 is 0. The number of carbonyl (C=O) groups is 1. The topological polar surface area (TPSA) is 29.1 Å². The molecule has 66 valence electrons. The largest absolute Gasteiger partial charge is 0.355 e. The predicted octanol–water partition coefficient (Wildman–Crippen LogP) is 1.31. The molecule has 3 rings (SSSR count). The van der Waals surface area contributed by atoms with Gasteiger partial charge in [-0.25, -0.2) is 0 Å². The molecular formula is C10H15NO. The van der Waals surface area contributed by atoms with Crippen LogP contribution in [0.15, 0.2) is 0 Å². The molecular weight excluding hydrogens is 150 g/mol. The summed E-state index contributed by atoms with van der Waals surface area (Å²) in [6.45, 7) is 0.987. The molecule has 3 fully saturated rings. The second-order valence-corrected chi connectivity index (χ2v) is 4.67. The van der Waals surface area contributed by atoms with Crippen molar-refractivity contribution < 1.29 is 4.79 Å². The monoisotopic (exact) mass is 165 g/mol. The third-order valence-corrected chi connectivity index (χ3v) is 4.42. The molecule has 0 aromatic rings. The van der Waals surface area contributed by atoms with Crippen molar-refractivity contribution in [2.45, 2.75) is 32.1 Å². The minimum absolute atomic E-state index is 0.341. The van der Waals surface area contributed by atoms with E-state index in [0.717, 1.165) is 18.9 Å². The van der Waals surface area contributed by atoms with E-state index in [1.54, 1.807) is 0 Å². The zero-order valence-electron chi connectivity index (χ0n) is 7.31. The van der Waals surface area contributed by atoms with Gasteiger partial charge in [-0.3, -0.25) is 4.79 Å². The van der Waals surface area contributed by atoms with Gasteiger partial charge in [0.2, 0.25) is 5.91 Å². The first kappa shape index (κ1) is 6.93. The second-order valence-electron chi connectivity index (χ2n) is 4.67. The Bertz CT molecular complexity index is 234. The van der Waals surface area contributed by atoms with Crippen molar-refractivity contribution >= 4 is 5.91 Å². The van der Waals surface area contributed by atoms with Crippen LogP contribution in [0, 0.1) is 17.3 Å². The molecule has 2 atom stereocenters. The molecule has 0 spiro atoms. The number of hydrogen-bond acceptors (Lipinski definition) is 1. The van der Waals surface area contributed by atoms with E-state index in [2.05, 4.69) is 5.32 Å². The Morgan fingerprint density at radius 2 is 2.17 bits per heavy atom. The van der Waals surface area contributed by atoms with Crippen LogP contribution in [0.2, 0.25) is 0 Å². The second kappa shape index (κ2) is 2.04. The van der Waals surface area contributed by atoms with Gasteiger partial charge in [-0.15, -0.1) is 0 Å². The molecule has 1 aliphatic heterocycles. The van der Waals surface area contributed by atoms with Gasteiger partial charge in [-0.2, -0.15) is 0 Å². The number of fused-ring (bicyclic) bond motifs is 1. The standard InChI is InChI=1S/C10H15NO/c12-9-8-4-5-10(8,6-11-9)7-2-1-3-7/h7-8H,1-6H2,(H,11,12). The van der Waals surface area contributed by atoms with E-state index in [0.29, 0.717) is 17.2 Å². The molecule has 2 saturated carbocycles. The van der Waals surface area contributed by atoms with Crippen molar-refractivity contribution in [2.75, 3.05) is 6.54 Å². The Hall–Kier alpha value is -0.530. The van der Waals surface area contributed by atoms with E-state index in [9.17, 15) is 4.79 Å². The third-order valence-electron chi connectivity index (χ3n) is 4.42. The van der Waals surface area contributed by atoms with Gasteiger partial charge in [0.05, 0.1) is 0 Å². The van der Waals surface area contributed by atoms with Crippen LogP contribution in [0.5, 0.6) is 0 Å². The molecule has 1 amide bonds. The maximum absolute atomic E-state index is 11.4. The van der Waals surface area contributed by atoms with E-state index in [1.807, 2.05) is 0 Å². The lowest BCUT2D eigenvalue weighted by atomic mass is 9.51. The van der Waals surface area contributed by atoms with E-state index >= 15 is 0 Å². The molecule has 1 saturated heterocycles. The zero-order chi connectivity index (χ0) is 8.18. The summed E-state index contributed by atoms with van der Waals surface area (Å²) in [5, 5.41) is 3.03. The Balaban J connectivity index is 1.86. The first-order valence-electron chi connectivity index (χ1n) is 5.11. The van der Waals surface area contributed by atoms with Crippen molar-refractivity contribution in [3.63, 3.8) is 0 Å². The maximum atomic E-state index is 11.4. The average Bonchev–Trinajstić information content (AvgIpc) is 2.07. The van der Waals surface area contributed by atoms with E-state index in [1.165, 1.54) is 25.7 Å².